The molecule has 94 valence electrons. The van der Waals surface area contributed by atoms with Gasteiger partial charge in [-0.15, -0.1) is 11.3 Å². The van der Waals surface area contributed by atoms with E-state index in [0.717, 1.165) is 8.26 Å². The first kappa shape index (κ1) is 14.2. The average molecular weight is 458 g/mol. The summed E-state index contributed by atoms with van der Waals surface area (Å²) >= 11 is 11.0. The molecule has 0 radical (unpaired) electrons. The minimum atomic E-state index is -0.479. The van der Waals surface area contributed by atoms with Gasteiger partial charge in [-0.25, -0.2) is 4.39 Å². The molecule has 0 bridgehead atoms. The molecular formula is C11H5Br3FNOS. The number of rotatable bonds is 2. The Morgan fingerprint density at radius 2 is 1.94 bits per heavy atom. The van der Waals surface area contributed by atoms with Gasteiger partial charge in [0.2, 0.25) is 0 Å². The molecule has 1 heterocycles. The van der Waals surface area contributed by atoms with Crippen molar-refractivity contribution >= 4 is 70.7 Å². The van der Waals surface area contributed by atoms with Gasteiger partial charge in [-0.1, -0.05) is 15.9 Å². The lowest BCUT2D eigenvalue weighted by molar-refractivity contribution is 0.103. The van der Waals surface area contributed by atoms with Crippen LogP contribution in [0.5, 0.6) is 0 Å². The van der Waals surface area contributed by atoms with E-state index < -0.39 is 5.82 Å². The normalized spacial score (nSPS) is 10.4. The number of thiophene rings is 1. The molecule has 1 amide bonds. The van der Waals surface area contributed by atoms with E-state index in [1.54, 1.807) is 12.1 Å². The molecule has 18 heavy (non-hydrogen) atoms. The Morgan fingerprint density at radius 3 is 2.50 bits per heavy atom. The van der Waals surface area contributed by atoms with Crippen molar-refractivity contribution in [3.05, 3.63) is 47.7 Å². The van der Waals surface area contributed by atoms with Crippen LogP contribution in [0.3, 0.4) is 0 Å². The number of amides is 1. The molecule has 2 aromatic rings. The van der Waals surface area contributed by atoms with Gasteiger partial charge in [0.25, 0.3) is 5.91 Å². The Labute approximate surface area is 132 Å². The number of hydrogen-bond acceptors (Lipinski definition) is 2. The molecule has 0 aliphatic carbocycles. The number of anilines is 1. The summed E-state index contributed by atoms with van der Waals surface area (Å²) in [4.78, 5) is 12.4. The second-order valence-corrected chi connectivity index (χ2v) is 7.45. The predicted octanol–water partition coefficient (Wildman–Crippen LogP) is 5.43. The van der Waals surface area contributed by atoms with Crippen LogP contribution >= 0.6 is 59.1 Å². The van der Waals surface area contributed by atoms with Gasteiger partial charge in [-0.3, -0.25) is 4.79 Å². The Hall–Kier alpha value is -0.240. The first-order valence-corrected chi connectivity index (χ1v) is 7.88. The van der Waals surface area contributed by atoms with Crippen LogP contribution in [-0.2, 0) is 0 Å². The number of carbonyl (C=O) groups excluding carboxylic acids is 1. The molecule has 0 spiro atoms. The molecule has 7 heteroatoms. The van der Waals surface area contributed by atoms with Crippen molar-refractivity contribution in [1.29, 1.82) is 0 Å². The monoisotopic (exact) mass is 455 g/mol. The van der Waals surface area contributed by atoms with Gasteiger partial charge < -0.3 is 5.32 Å². The summed E-state index contributed by atoms with van der Waals surface area (Å²) < 4.78 is 15.8. The third-order valence-corrected chi connectivity index (χ3v) is 5.80. The molecule has 0 fully saturated rings. The van der Waals surface area contributed by atoms with Gasteiger partial charge >= 0.3 is 0 Å². The summed E-state index contributed by atoms with van der Waals surface area (Å²) in [5, 5.41) is 2.53. The maximum absolute atomic E-state index is 13.6. The van der Waals surface area contributed by atoms with E-state index in [1.807, 2.05) is 0 Å². The first-order chi connectivity index (χ1) is 8.47. The molecule has 1 aromatic carbocycles. The second kappa shape index (κ2) is 5.81. The average Bonchev–Trinajstić information content (AvgIpc) is 2.63. The van der Waals surface area contributed by atoms with Crippen molar-refractivity contribution in [2.24, 2.45) is 0 Å². The molecule has 0 saturated heterocycles. The largest absolute Gasteiger partial charge is 0.319 e. The number of benzene rings is 1. The van der Waals surface area contributed by atoms with Crippen molar-refractivity contribution in [2.75, 3.05) is 5.32 Å². The minimum Gasteiger partial charge on any atom is -0.319 e. The number of nitrogens with one attached hydrogen (secondary N) is 1. The standard InChI is InChI=1S/C11H5Br3FNOS/c12-5-1-2-8(7(15)3-5)16-11(17)9-4-6(13)10(14)18-9/h1-4H,(H,16,17). The van der Waals surface area contributed by atoms with E-state index in [2.05, 4.69) is 53.1 Å². The van der Waals surface area contributed by atoms with E-state index in [9.17, 15) is 9.18 Å². The third-order valence-electron chi connectivity index (χ3n) is 2.05. The summed E-state index contributed by atoms with van der Waals surface area (Å²) in [6.45, 7) is 0. The molecule has 2 rings (SSSR count). The second-order valence-electron chi connectivity index (χ2n) is 3.31. The molecule has 0 aliphatic rings. The SMILES string of the molecule is O=C(Nc1ccc(Br)cc1F)c1cc(Br)c(Br)s1. The lowest BCUT2D eigenvalue weighted by atomic mass is 10.3. The van der Waals surface area contributed by atoms with E-state index >= 15 is 0 Å². The van der Waals surface area contributed by atoms with Crippen molar-refractivity contribution in [3.8, 4) is 0 Å². The summed E-state index contributed by atoms with van der Waals surface area (Å²) in [7, 11) is 0. The van der Waals surface area contributed by atoms with E-state index in [-0.39, 0.29) is 11.6 Å². The van der Waals surface area contributed by atoms with Gasteiger partial charge in [0.15, 0.2) is 0 Å². The van der Waals surface area contributed by atoms with Gasteiger partial charge in [-0.2, -0.15) is 0 Å². The van der Waals surface area contributed by atoms with Crippen LogP contribution in [0.2, 0.25) is 0 Å². The van der Waals surface area contributed by atoms with Gasteiger partial charge in [0.05, 0.1) is 14.4 Å². The Bertz CT molecular complexity index is 595. The van der Waals surface area contributed by atoms with Crippen LogP contribution in [0.25, 0.3) is 0 Å². The predicted molar refractivity (Wildman–Crippen MR) is 81.8 cm³/mol. The topological polar surface area (TPSA) is 29.1 Å². The lowest BCUT2D eigenvalue weighted by Crippen LogP contribution is -2.11. The lowest BCUT2D eigenvalue weighted by Gasteiger charge is -2.05. The quantitative estimate of drug-likeness (QED) is 0.640. The summed E-state index contributed by atoms with van der Waals surface area (Å²) in [6, 6.07) is 6.16. The molecule has 0 saturated carbocycles. The molecule has 0 aliphatic heterocycles. The van der Waals surface area contributed by atoms with Crippen LogP contribution in [0.4, 0.5) is 10.1 Å². The van der Waals surface area contributed by atoms with E-state index in [1.165, 1.54) is 23.5 Å². The van der Waals surface area contributed by atoms with Gasteiger partial charge in [-0.05, 0) is 56.1 Å². The van der Waals surface area contributed by atoms with Crippen LogP contribution in [0.1, 0.15) is 9.67 Å². The molecule has 1 N–H and O–H groups in total. The Morgan fingerprint density at radius 1 is 1.22 bits per heavy atom. The van der Waals surface area contributed by atoms with Gasteiger partial charge in [0.1, 0.15) is 5.82 Å². The fourth-order valence-electron chi connectivity index (χ4n) is 1.23. The Kier molecular flexibility index (Phi) is 4.58. The highest BCUT2D eigenvalue weighted by Crippen LogP contribution is 2.32. The van der Waals surface area contributed by atoms with E-state index in [4.69, 9.17) is 0 Å². The van der Waals surface area contributed by atoms with Crippen molar-refractivity contribution in [3.63, 3.8) is 0 Å². The van der Waals surface area contributed by atoms with Crippen molar-refractivity contribution in [1.82, 2.24) is 0 Å². The zero-order chi connectivity index (χ0) is 13.3. The number of carbonyl (C=O) groups is 1. The number of hydrogen-bond donors (Lipinski definition) is 1. The minimum absolute atomic E-state index is 0.156. The number of halogens is 4. The van der Waals surface area contributed by atoms with Gasteiger partial charge in [0, 0.05) is 8.95 Å². The summed E-state index contributed by atoms with van der Waals surface area (Å²) in [6.07, 6.45) is 0. The summed E-state index contributed by atoms with van der Waals surface area (Å²) in [5.74, 6) is -0.819. The zero-order valence-corrected chi connectivity index (χ0v) is 14.2. The fourth-order valence-corrected chi connectivity index (χ4v) is 3.50. The van der Waals surface area contributed by atoms with Crippen LogP contribution < -0.4 is 5.32 Å². The molecular weight excluding hydrogens is 453 g/mol. The van der Waals surface area contributed by atoms with E-state index in [0.29, 0.717) is 9.35 Å². The first-order valence-electron chi connectivity index (χ1n) is 4.68. The van der Waals surface area contributed by atoms with Crippen LogP contribution in [0, 0.1) is 5.82 Å². The molecule has 1 aromatic heterocycles. The van der Waals surface area contributed by atoms with Crippen molar-refractivity contribution in [2.45, 2.75) is 0 Å². The fraction of sp³-hybridized carbons (Fsp3) is 0. The zero-order valence-electron chi connectivity index (χ0n) is 8.64. The highest BCUT2D eigenvalue weighted by molar-refractivity contribution is 9.13. The maximum Gasteiger partial charge on any atom is 0.265 e. The van der Waals surface area contributed by atoms with Crippen molar-refractivity contribution < 1.29 is 9.18 Å². The highest BCUT2D eigenvalue weighted by Gasteiger charge is 2.14. The van der Waals surface area contributed by atoms with Crippen LogP contribution in [-0.4, -0.2) is 5.91 Å². The molecule has 0 atom stereocenters. The third kappa shape index (κ3) is 3.20. The van der Waals surface area contributed by atoms with Crippen LogP contribution in [0.15, 0.2) is 37.0 Å². The maximum atomic E-state index is 13.6. The smallest absolute Gasteiger partial charge is 0.265 e. The Balaban J connectivity index is 2.21. The highest BCUT2D eigenvalue weighted by atomic mass is 79.9. The molecule has 2 nitrogen and oxygen atoms in total. The molecule has 0 unspecified atom stereocenters. The summed E-state index contributed by atoms with van der Waals surface area (Å²) in [5.41, 5.74) is 0.156.